The average Bonchev–Trinajstić information content (AvgIpc) is 3.19. The van der Waals surface area contributed by atoms with Crippen LogP contribution in [-0.2, 0) is 20.8 Å². The average molecular weight is 374 g/mol. The number of benzene rings is 1. The zero-order chi connectivity index (χ0) is 19.8. The number of aromatic nitrogens is 2. The Morgan fingerprint density at radius 1 is 1.37 bits per heavy atom. The highest BCUT2D eigenvalue weighted by atomic mass is 16.6. The number of esters is 2. The number of nitrogen functional groups attached to an aromatic ring is 1. The van der Waals surface area contributed by atoms with Crippen LogP contribution < -0.4 is 11.1 Å². The molecule has 146 valence electrons. The lowest BCUT2D eigenvalue weighted by Gasteiger charge is -2.32. The van der Waals surface area contributed by atoms with Gasteiger partial charge in [-0.25, -0.2) is 14.6 Å². The quantitative estimate of drug-likeness (QED) is 0.786. The molecule has 8 nitrogen and oxygen atoms in total. The number of ether oxygens (including phenoxy) is 2. The standard InChI is InChI=1S/C19H26N4O4/c1-18(2,3)27-16(25)19(8-5-9-21-19)11-23-14-10-12(15(24)26-4)6-7-13(14)22-17(23)20/h6-7,10,21H,5,8-9,11H2,1-4H3,(H2,20,22)/t19-/m1/s1. The zero-order valence-corrected chi connectivity index (χ0v) is 16.2. The lowest BCUT2D eigenvalue weighted by Crippen LogP contribution is -2.53. The summed E-state index contributed by atoms with van der Waals surface area (Å²) in [7, 11) is 1.33. The van der Waals surface area contributed by atoms with Crippen molar-refractivity contribution in [3.8, 4) is 0 Å². The lowest BCUT2D eigenvalue weighted by atomic mass is 9.96. The first-order valence-electron chi connectivity index (χ1n) is 8.98. The molecule has 1 aliphatic rings. The van der Waals surface area contributed by atoms with Crippen molar-refractivity contribution in [2.75, 3.05) is 19.4 Å². The fourth-order valence-corrected chi connectivity index (χ4v) is 3.38. The molecule has 0 aliphatic carbocycles. The minimum atomic E-state index is -0.879. The van der Waals surface area contributed by atoms with Crippen LogP contribution in [0.4, 0.5) is 5.95 Å². The number of carbonyl (C=O) groups is 2. The van der Waals surface area contributed by atoms with Crippen molar-refractivity contribution in [2.24, 2.45) is 0 Å². The van der Waals surface area contributed by atoms with Crippen molar-refractivity contribution in [1.82, 2.24) is 14.9 Å². The second kappa shape index (κ2) is 6.84. The fourth-order valence-electron chi connectivity index (χ4n) is 3.38. The Bertz CT molecular complexity index is 876. The summed E-state index contributed by atoms with van der Waals surface area (Å²) in [5, 5.41) is 3.30. The largest absolute Gasteiger partial charge is 0.465 e. The Hall–Kier alpha value is -2.61. The van der Waals surface area contributed by atoms with Crippen molar-refractivity contribution < 1.29 is 19.1 Å². The number of rotatable bonds is 4. The maximum absolute atomic E-state index is 12.9. The van der Waals surface area contributed by atoms with Crippen LogP contribution in [-0.4, -0.2) is 46.3 Å². The van der Waals surface area contributed by atoms with Gasteiger partial charge in [0.05, 0.1) is 30.3 Å². The Morgan fingerprint density at radius 2 is 2.11 bits per heavy atom. The van der Waals surface area contributed by atoms with E-state index in [0.29, 0.717) is 23.0 Å². The normalized spacial score (nSPS) is 20.0. The first kappa shape index (κ1) is 19.2. The van der Waals surface area contributed by atoms with Crippen LogP contribution in [0.2, 0.25) is 0 Å². The van der Waals surface area contributed by atoms with Crippen molar-refractivity contribution in [3.05, 3.63) is 23.8 Å². The second-order valence-corrected chi connectivity index (χ2v) is 7.87. The zero-order valence-electron chi connectivity index (χ0n) is 16.2. The minimum absolute atomic E-state index is 0.273. The molecule has 3 rings (SSSR count). The Morgan fingerprint density at radius 3 is 2.70 bits per heavy atom. The van der Waals surface area contributed by atoms with E-state index in [1.54, 1.807) is 22.8 Å². The summed E-state index contributed by atoms with van der Waals surface area (Å²) in [4.78, 5) is 29.2. The molecule has 0 amide bonds. The number of nitrogens with zero attached hydrogens (tertiary/aromatic N) is 2. The Kier molecular flexibility index (Phi) is 4.86. The number of nitrogens with two attached hydrogens (primary N) is 1. The maximum atomic E-state index is 12.9. The van der Waals surface area contributed by atoms with E-state index in [-0.39, 0.29) is 18.5 Å². The molecule has 0 unspecified atom stereocenters. The molecule has 1 fully saturated rings. The number of fused-ring (bicyclic) bond motifs is 1. The molecule has 2 heterocycles. The molecule has 1 atom stereocenters. The van der Waals surface area contributed by atoms with Crippen molar-refractivity contribution >= 4 is 28.9 Å². The summed E-state index contributed by atoms with van der Waals surface area (Å²) in [5.41, 5.74) is 6.39. The van der Waals surface area contributed by atoms with E-state index >= 15 is 0 Å². The Balaban J connectivity index is 2.01. The number of hydrogen-bond donors (Lipinski definition) is 2. The second-order valence-electron chi connectivity index (χ2n) is 7.87. The van der Waals surface area contributed by atoms with E-state index in [2.05, 4.69) is 10.3 Å². The highest BCUT2D eigenvalue weighted by Gasteiger charge is 2.45. The van der Waals surface area contributed by atoms with Gasteiger partial charge in [0.2, 0.25) is 5.95 Å². The monoisotopic (exact) mass is 374 g/mol. The van der Waals surface area contributed by atoms with Gasteiger partial charge < -0.3 is 25.1 Å². The van der Waals surface area contributed by atoms with Crippen LogP contribution in [0, 0.1) is 0 Å². The molecular weight excluding hydrogens is 348 g/mol. The first-order valence-corrected chi connectivity index (χ1v) is 8.98. The van der Waals surface area contributed by atoms with E-state index < -0.39 is 17.1 Å². The first-order chi connectivity index (χ1) is 12.6. The topological polar surface area (TPSA) is 108 Å². The van der Waals surface area contributed by atoms with E-state index in [4.69, 9.17) is 15.2 Å². The lowest BCUT2D eigenvalue weighted by molar-refractivity contribution is -0.163. The third-order valence-electron chi connectivity index (χ3n) is 4.66. The maximum Gasteiger partial charge on any atom is 0.337 e. The Labute approximate surface area is 158 Å². The molecule has 1 aliphatic heterocycles. The van der Waals surface area contributed by atoms with E-state index in [9.17, 15) is 9.59 Å². The van der Waals surface area contributed by atoms with E-state index in [0.717, 1.165) is 13.0 Å². The van der Waals surface area contributed by atoms with Crippen LogP contribution in [0.3, 0.4) is 0 Å². The van der Waals surface area contributed by atoms with E-state index in [1.165, 1.54) is 7.11 Å². The summed E-state index contributed by atoms with van der Waals surface area (Å²) < 4.78 is 12.2. The van der Waals surface area contributed by atoms with Crippen molar-refractivity contribution in [2.45, 2.75) is 51.3 Å². The molecule has 0 bridgehead atoms. The minimum Gasteiger partial charge on any atom is -0.465 e. The van der Waals surface area contributed by atoms with Gasteiger partial charge in [0.1, 0.15) is 11.1 Å². The van der Waals surface area contributed by atoms with Gasteiger partial charge >= 0.3 is 11.9 Å². The summed E-state index contributed by atoms with van der Waals surface area (Å²) in [6.07, 6.45) is 1.50. The number of imidazole rings is 1. The SMILES string of the molecule is COC(=O)c1ccc2nc(N)n(C[C@@]3(C(=O)OC(C)(C)C)CCCN3)c2c1. The van der Waals surface area contributed by atoms with Crippen LogP contribution >= 0.6 is 0 Å². The molecule has 0 saturated carbocycles. The number of nitrogens with one attached hydrogen (secondary N) is 1. The van der Waals surface area contributed by atoms with Gasteiger partial charge in [-0.15, -0.1) is 0 Å². The third kappa shape index (κ3) is 3.75. The number of hydrogen-bond acceptors (Lipinski definition) is 7. The van der Waals surface area contributed by atoms with Crippen LogP contribution in [0.1, 0.15) is 44.0 Å². The van der Waals surface area contributed by atoms with Crippen molar-refractivity contribution in [1.29, 1.82) is 0 Å². The summed E-state index contributed by atoms with van der Waals surface area (Å²) in [6, 6.07) is 5.04. The highest BCUT2D eigenvalue weighted by molar-refractivity contribution is 5.94. The fraction of sp³-hybridized carbons (Fsp3) is 0.526. The van der Waals surface area contributed by atoms with Gasteiger partial charge in [-0.05, 0) is 58.4 Å². The molecule has 1 saturated heterocycles. The van der Waals surface area contributed by atoms with Crippen molar-refractivity contribution in [3.63, 3.8) is 0 Å². The molecular formula is C19H26N4O4. The third-order valence-corrected chi connectivity index (χ3v) is 4.66. The number of anilines is 1. The van der Waals surface area contributed by atoms with Gasteiger partial charge in [-0.2, -0.15) is 0 Å². The summed E-state index contributed by atoms with van der Waals surface area (Å²) in [6.45, 7) is 6.53. The van der Waals surface area contributed by atoms with Gasteiger partial charge in [0, 0.05) is 0 Å². The van der Waals surface area contributed by atoms with Crippen LogP contribution in [0.15, 0.2) is 18.2 Å². The number of carbonyl (C=O) groups excluding carboxylic acids is 2. The molecule has 0 radical (unpaired) electrons. The predicted octanol–water partition coefficient (Wildman–Crippen LogP) is 1.87. The van der Waals surface area contributed by atoms with Gasteiger partial charge in [0.25, 0.3) is 0 Å². The summed E-state index contributed by atoms with van der Waals surface area (Å²) in [5.74, 6) is -0.467. The molecule has 3 N–H and O–H groups in total. The smallest absolute Gasteiger partial charge is 0.337 e. The molecule has 0 spiro atoms. The molecule has 1 aromatic carbocycles. The molecule has 27 heavy (non-hydrogen) atoms. The number of methoxy groups -OCH3 is 1. The molecule has 2 aromatic rings. The molecule has 1 aromatic heterocycles. The van der Waals surface area contributed by atoms with Gasteiger partial charge in [-0.1, -0.05) is 0 Å². The van der Waals surface area contributed by atoms with Crippen LogP contribution in [0.25, 0.3) is 11.0 Å². The summed E-state index contributed by atoms with van der Waals surface area (Å²) >= 11 is 0. The van der Waals surface area contributed by atoms with Crippen LogP contribution in [0.5, 0.6) is 0 Å². The predicted molar refractivity (Wildman–Crippen MR) is 101 cm³/mol. The van der Waals surface area contributed by atoms with E-state index in [1.807, 2.05) is 20.8 Å². The van der Waals surface area contributed by atoms with Gasteiger partial charge in [0.15, 0.2) is 0 Å². The van der Waals surface area contributed by atoms with Gasteiger partial charge in [-0.3, -0.25) is 0 Å². The highest BCUT2D eigenvalue weighted by Crippen LogP contribution is 2.29. The molecule has 8 heteroatoms.